The van der Waals surface area contributed by atoms with Gasteiger partial charge in [0.15, 0.2) is 0 Å². The minimum absolute atomic E-state index is 0.174. The van der Waals surface area contributed by atoms with Gasteiger partial charge in [-0.05, 0) is 23.4 Å². The van der Waals surface area contributed by atoms with Gasteiger partial charge in [-0.3, -0.25) is 10.1 Å². The number of hydrogen-bond donors (Lipinski definition) is 0. The first-order valence-corrected chi connectivity index (χ1v) is 5.64. The molecule has 0 saturated heterocycles. The molecule has 0 spiro atoms. The second kappa shape index (κ2) is 4.53. The first kappa shape index (κ1) is 11.6. The van der Waals surface area contributed by atoms with Crippen LogP contribution in [0, 0.1) is 16.0 Å². The van der Waals surface area contributed by atoms with Crippen LogP contribution in [0.4, 0.5) is 5.69 Å². The quantitative estimate of drug-likeness (QED) is 0.586. The Morgan fingerprint density at radius 3 is 2.41 bits per heavy atom. The Morgan fingerprint density at radius 2 is 1.82 bits per heavy atom. The summed E-state index contributed by atoms with van der Waals surface area (Å²) in [6, 6.07) is 10.9. The maximum atomic E-state index is 11.0. The number of nitrogens with zero attached hydrogens (tertiary/aromatic N) is 1. The third kappa shape index (κ3) is 2.00. The zero-order valence-corrected chi connectivity index (χ0v) is 9.93. The molecule has 0 unspecified atom stereocenters. The van der Waals surface area contributed by atoms with E-state index in [0.717, 1.165) is 17.4 Å². The molecule has 2 aromatic carbocycles. The van der Waals surface area contributed by atoms with Crippen LogP contribution in [0.1, 0.15) is 25.8 Å². The zero-order valence-electron chi connectivity index (χ0n) is 9.93. The van der Waals surface area contributed by atoms with Gasteiger partial charge in [0.05, 0.1) is 10.3 Å². The van der Waals surface area contributed by atoms with Crippen LogP contribution in [-0.2, 0) is 0 Å². The summed E-state index contributed by atoms with van der Waals surface area (Å²) in [5, 5.41) is 12.6. The van der Waals surface area contributed by atoms with E-state index in [-0.39, 0.29) is 10.6 Å². The maximum Gasteiger partial charge on any atom is 0.277 e. The summed E-state index contributed by atoms with van der Waals surface area (Å²) in [7, 11) is 0. The molecule has 0 fully saturated rings. The second-order valence-corrected chi connectivity index (χ2v) is 4.07. The lowest BCUT2D eigenvalue weighted by atomic mass is 9.92. The number of fused-ring (bicyclic) bond motifs is 1. The van der Waals surface area contributed by atoms with E-state index in [1.54, 1.807) is 12.1 Å². The minimum Gasteiger partial charge on any atom is -0.258 e. The molecule has 2 rings (SSSR count). The lowest BCUT2D eigenvalue weighted by Crippen LogP contribution is -1.96. The van der Waals surface area contributed by atoms with Crippen molar-refractivity contribution in [3.05, 3.63) is 58.0 Å². The Labute approximate surface area is 100 Å². The summed E-state index contributed by atoms with van der Waals surface area (Å²) in [4.78, 5) is 10.6. The van der Waals surface area contributed by atoms with Crippen LogP contribution in [0.3, 0.4) is 0 Å². The topological polar surface area (TPSA) is 43.1 Å². The molecule has 0 bridgehead atoms. The molecule has 0 aliphatic heterocycles. The molecular weight excluding hydrogens is 214 g/mol. The summed E-state index contributed by atoms with van der Waals surface area (Å²) in [6.45, 7) is 4.15. The number of hydrogen-bond acceptors (Lipinski definition) is 2. The Kier molecular flexibility index (Phi) is 3.09. The number of nitro benzene ring substituents is 1. The molecule has 0 aliphatic rings. The standard InChI is InChI=1S/C14H14NO2/c1-3-10(2)11-8-9-14(15(16)17)13-7-5-4-6-12(11)13/h4-9H,3H2,1-2H3. The van der Waals surface area contributed by atoms with Gasteiger partial charge >= 0.3 is 0 Å². The van der Waals surface area contributed by atoms with E-state index >= 15 is 0 Å². The highest BCUT2D eigenvalue weighted by atomic mass is 16.6. The molecular formula is C14H14NO2. The summed E-state index contributed by atoms with van der Waals surface area (Å²) in [6.07, 6.45) is 0.946. The number of nitro groups is 1. The third-order valence-corrected chi connectivity index (χ3v) is 3.09. The van der Waals surface area contributed by atoms with Gasteiger partial charge in [0.1, 0.15) is 0 Å². The Balaban J connectivity index is 2.75. The fourth-order valence-corrected chi connectivity index (χ4v) is 2.00. The normalized spacial score (nSPS) is 11.0. The van der Waals surface area contributed by atoms with E-state index in [1.165, 1.54) is 5.92 Å². The first-order chi connectivity index (χ1) is 8.15. The molecule has 1 radical (unpaired) electrons. The number of rotatable bonds is 3. The highest BCUT2D eigenvalue weighted by Crippen LogP contribution is 2.32. The molecule has 17 heavy (non-hydrogen) atoms. The summed E-state index contributed by atoms with van der Waals surface area (Å²) >= 11 is 0. The SMILES string of the molecule is CC[C](C)c1ccc([N+](=O)[O-])c2ccccc12. The van der Waals surface area contributed by atoms with E-state index in [9.17, 15) is 10.1 Å². The predicted molar refractivity (Wildman–Crippen MR) is 68.9 cm³/mol. The van der Waals surface area contributed by atoms with Crippen molar-refractivity contribution in [2.45, 2.75) is 20.3 Å². The van der Waals surface area contributed by atoms with E-state index in [4.69, 9.17) is 0 Å². The first-order valence-electron chi connectivity index (χ1n) is 5.64. The Morgan fingerprint density at radius 1 is 1.18 bits per heavy atom. The molecule has 0 N–H and O–H groups in total. The van der Waals surface area contributed by atoms with E-state index < -0.39 is 0 Å². The average molecular weight is 228 g/mol. The Bertz CT molecular complexity index is 563. The largest absolute Gasteiger partial charge is 0.277 e. The maximum absolute atomic E-state index is 11.0. The molecule has 3 nitrogen and oxygen atoms in total. The monoisotopic (exact) mass is 228 g/mol. The van der Waals surface area contributed by atoms with Crippen molar-refractivity contribution < 1.29 is 4.92 Å². The molecule has 0 aromatic heterocycles. The van der Waals surface area contributed by atoms with Gasteiger partial charge < -0.3 is 0 Å². The minimum atomic E-state index is -0.326. The van der Waals surface area contributed by atoms with Crippen LogP contribution in [0.15, 0.2) is 36.4 Å². The zero-order chi connectivity index (χ0) is 12.4. The molecule has 0 saturated carbocycles. The van der Waals surface area contributed by atoms with Gasteiger partial charge in [0, 0.05) is 12.0 Å². The summed E-state index contributed by atoms with van der Waals surface area (Å²) in [5.74, 6) is 1.25. The lowest BCUT2D eigenvalue weighted by molar-refractivity contribution is -0.383. The van der Waals surface area contributed by atoms with Crippen LogP contribution in [0.2, 0.25) is 0 Å². The van der Waals surface area contributed by atoms with Crippen LogP contribution >= 0.6 is 0 Å². The lowest BCUT2D eigenvalue weighted by Gasteiger charge is -2.11. The van der Waals surface area contributed by atoms with Gasteiger partial charge in [-0.2, -0.15) is 0 Å². The number of benzene rings is 2. The van der Waals surface area contributed by atoms with Crippen LogP contribution in [0.5, 0.6) is 0 Å². The summed E-state index contributed by atoms with van der Waals surface area (Å²) < 4.78 is 0. The molecule has 2 aromatic rings. The van der Waals surface area contributed by atoms with Gasteiger partial charge in [0.25, 0.3) is 5.69 Å². The molecule has 0 heterocycles. The molecule has 3 heteroatoms. The predicted octanol–water partition coefficient (Wildman–Crippen LogP) is 4.10. The molecule has 0 atom stereocenters. The van der Waals surface area contributed by atoms with Crippen molar-refractivity contribution in [3.63, 3.8) is 0 Å². The smallest absolute Gasteiger partial charge is 0.258 e. The van der Waals surface area contributed by atoms with Crippen molar-refractivity contribution in [2.24, 2.45) is 0 Å². The highest BCUT2D eigenvalue weighted by Gasteiger charge is 2.16. The Hall–Kier alpha value is -1.90. The fraction of sp³-hybridized carbons (Fsp3) is 0.214. The van der Waals surface area contributed by atoms with Gasteiger partial charge in [-0.15, -0.1) is 0 Å². The van der Waals surface area contributed by atoms with Crippen LogP contribution in [0.25, 0.3) is 10.8 Å². The second-order valence-electron chi connectivity index (χ2n) is 4.07. The average Bonchev–Trinajstić information content (AvgIpc) is 2.36. The van der Waals surface area contributed by atoms with E-state index in [0.29, 0.717) is 5.39 Å². The van der Waals surface area contributed by atoms with E-state index in [1.807, 2.05) is 24.3 Å². The van der Waals surface area contributed by atoms with Crippen LogP contribution in [-0.4, -0.2) is 4.92 Å². The summed E-state index contributed by atoms with van der Waals surface area (Å²) in [5.41, 5.74) is 1.28. The van der Waals surface area contributed by atoms with Gasteiger partial charge in [-0.1, -0.05) is 38.1 Å². The molecule has 0 amide bonds. The molecule has 87 valence electrons. The third-order valence-electron chi connectivity index (χ3n) is 3.09. The number of non-ortho nitro benzene ring substituents is 1. The van der Waals surface area contributed by atoms with E-state index in [2.05, 4.69) is 13.8 Å². The van der Waals surface area contributed by atoms with Crippen molar-refractivity contribution in [1.29, 1.82) is 0 Å². The van der Waals surface area contributed by atoms with Crippen molar-refractivity contribution >= 4 is 16.5 Å². The van der Waals surface area contributed by atoms with Gasteiger partial charge in [0.2, 0.25) is 0 Å². The van der Waals surface area contributed by atoms with Gasteiger partial charge in [-0.25, -0.2) is 0 Å². The van der Waals surface area contributed by atoms with Crippen molar-refractivity contribution in [3.8, 4) is 0 Å². The van der Waals surface area contributed by atoms with Crippen molar-refractivity contribution in [2.75, 3.05) is 0 Å². The van der Waals surface area contributed by atoms with Crippen LogP contribution < -0.4 is 0 Å². The molecule has 0 aliphatic carbocycles. The highest BCUT2D eigenvalue weighted by molar-refractivity contribution is 5.94. The fourth-order valence-electron chi connectivity index (χ4n) is 2.00. The van der Waals surface area contributed by atoms with Crippen molar-refractivity contribution in [1.82, 2.24) is 0 Å².